The number of aromatic amines is 1. The second kappa shape index (κ2) is 10.3. The van der Waals surface area contributed by atoms with Crippen LogP contribution in [0.4, 0.5) is 0 Å². The number of benzene rings is 2. The summed E-state index contributed by atoms with van der Waals surface area (Å²) in [5.74, 6) is 0. The molecule has 4 rings (SSSR count). The van der Waals surface area contributed by atoms with Gasteiger partial charge in [-0.1, -0.05) is 88.4 Å². The number of hydrogen-bond acceptors (Lipinski definition) is 6. The van der Waals surface area contributed by atoms with E-state index in [9.17, 15) is 19.8 Å². The third-order valence-corrected chi connectivity index (χ3v) is 11.9. The molecule has 0 bridgehead atoms. The van der Waals surface area contributed by atoms with Crippen molar-refractivity contribution in [3.63, 3.8) is 0 Å². The summed E-state index contributed by atoms with van der Waals surface area (Å²) >= 11 is 0. The van der Waals surface area contributed by atoms with Gasteiger partial charge in [-0.25, -0.2) is 4.79 Å². The highest BCUT2D eigenvalue weighted by molar-refractivity contribution is 6.99. The Morgan fingerprint density at radius 3 is 2.03 bits per heavy atom. The van der Waals surface area contributed by atoms with Crippen molar-refractivity contribution in [1.82, 2.24) is 9.55 Å². The molecule has 0 aliphatic carbocycles. The normalized spacial score (nSPS) is 22.6. The molecule has 1 aliphatic heterocycles. The number of H-pyrrole nitrogens is 1. The molecule has 4 atom stereocenters. The van der Waals surface area contributed by atoms with Crippen LogP contribution in [0.2, 0.25) is 5.04 Å². The van der Waals surface area contributed by atoms with Crippen LogP contribution in [-0.2, 0) is 15.6 Å². The highest BCUT2D eigenvalue weighted by Crippen LogP contribution is 2.38. The Morgan fingerprint density at radius 1 is 0.972 bits per heavy atom. The summed E-state index contributed by atoms with van der Waals surface area (Å²) in [5.41, 5.74) is -0.799. The molecule has 0 amide bonds. The smallest absolute Gasteiger partial charge is 0.330 e. The minimum atomic E-state index is -2.89. The van der Waals surface area contributed by atoms with Crippen molar-refractivity contribution in [2.24, 2.45) is 0 Å². The first kappa shape index (κ1) is 26.2. The van der Waals surface area contributed by atoms with E-state index in [-0.39, 0.29) is 11.6 Å². The first-order valence-corrected chi connectivity index (χ1v) is 14.1. The zero-order valence-electron chi connectivity index (χ0n) is 21.0. The molecule has 2 heterocycles. The molecule has 0 radical (unpaired) electrons. The van der Waals surface area contributed by atoms with Crippen LogP contribution in [0.25, 0.3) is 0 Å². The van der Waals surface area contributed by atoms with Gasteiger partial charge in [0, 0.05) is 11.8 Å². The number of aromatic nitrogens is 2. The molecule has 1 aromatic heterocycles. The van der Waals surface area contributed by atoms with Gasteiger partial charge in [0.15, 0.2) is 6.23 Å². The van der Waals surface area contributed by atoms with E-state index < -0.39 is 44.1 Å². The molecule has 9 heteroatoms. The van der Waals surface area contributed by atoms with Crippen molar-refractivity contribution in [2.75, 3.05) is 6.61 Å². The molecular formula is C27H34N2O6Si. The summed E-state index contributed by atoms with van der Waals surface area (Å²) in [7, 11) is -2.89. The predicted octanol–water partition coefficient (Wildman–Crippen LogP) is 1.29. The monoisotopic (exact) mass is 510 g/mol. The molecule has 8 nitrogen and oxygen atoms in total. The Labute approximate surface area is 211 Å². The van der Waals surface area contributed by atoms with Crippen LogP contribution in [0, 0.1) is 0 Å². The maximum absolute atomic E-state index is 12.5. The molecule has 1 saturated heterocycles. The van der Waals surface area contributed by atoms with Gasteiger partial charge in [0.1, 0.15) is 18.3 Å². The van der Waals surface area contributed by atoms with Gasteiger partial charge < -0.3 is 19.4 Å². The van der Waals surface area contributed by atoms with Crippen molar-refractivity contribution in [3.8, 4) is 0 Å². The van der Waals surface area contributed by atoms with Crippen molar-refractivity contribution >= 4 is 18.7 Å². The number of aliphatic hydroxyl groups excluding tert-OH is 2. The van der Waals surface area contributed by atoms with E-state index in [2.05, 4.69) is 50.0 Å². The van der Waals surface area contributed by atoms with Gasteiger partial charge in [0.25, 0.3) is 13.9 Å². The Balaban J connectivity index is 1.69. The van der Waals surface area contributed by atoms with E-state index in [1.807, 2.05) is 36.4 Å². The fourth-order valence-corrected chi connectivity index (χ4v) is 9.60. The fourth-order valence-electron chi connectivity index (χ4n) is 5.03. The second-order valence-electron chi connectivity index (χ2n) is 10.2. The van der Waals surface area contributed by atoms with Gasteiger partial charge >= 0.3 is 5.69 Å². The molecule has 0 unspecified atom stereocenters. The average Bonchev–Trinajstić information content (AvgIpc) is 3.13. The van der Waals surface area contributed by atoms with Crippen molar-refractivity contribution in [1.29, 1.82) is 0 Å². The zero-order valence-corrected chi connectivity index (χ0v) is 22.0. The van der Waals surface area contributed by atoms with Gasteiger partial charge in [-0.3, -0.25) is 14.3 Å². The van der Waals surface area contributed by atoms with E-state index in [1.165, 1.54) is 6.20 Å². The molecule has 2 aromatic carbocycles. The Morgan fingerprint density at radius 2 is 1.53 bits per heavy atom. The first-order valence-electron chi connectivity index (χ1n) is 12.2. The van der Waals surface area contributed by atoms with Crippen molar-refractivity contribution < 1.29 is 19.4 Å². The Bertz CT molecular complexity index is 1250. The Kier molecular flexibility index (Phi) is 7.49. The van der Waals surface area contributed by atoms with Crippen molar-refractivity contribution in [3.05, 3.63) is 93.3 Å². The standard InChI is InChI=1S/C27H34N2O6Si/c1-5-18-16-29(26(33)28-24(18)32)25-23(31)22(30)21(35-25)17-34-36(27(2,3)4,19-12-8-6-9-13-19)20-14-10-7-11-15-20/h6-16,21-23,25,30-31H,5,17H2,1-4H3,(H,28,32,33)/t21-,22-,23-,25-/m1/s1. The molecule has 3 N–H and O–H groups in total. The minimum absolute atomic E-state index is 0.0146. The number of rotatable bonds is 7. The molecular weight excluding hydrogens is 476 g/mol. The van der Waals surface area contributed by atoms with Crippen LogP contribution in [-0.4, -0.2) is 53.0 Å². The largest absolute Gasteiger partial charge is 0.405 e. The fraction of sp³-hybridized carbons (Fsp3) is 0.407. The summed E-state index contributed by atoms with van der Waals surface area (Å²) in [6.45, 7) is 8.25. The number of nitrogens with one attached hydrogen (secondary N) is 1. The maximum Gasteiger partial charge on any atom is 0.330 e. The lowest BCUT2D eigenvalue weighted by molar-refractivity contribution is -0.0528. The van der Waals surface area contributed by atoms with Crippen LogP contribution in [0.15, 0.2) is 76.4 Å². The van der Waals surface area contributed by atoms with Gasteiger partial charge in [-0.05, 0) is 21.8 Å². The molecule has 0 spiro atoms. The summed E-state index contributed by atoms with van der Waals surface area (Å²) in [4.78, 5) is 26.7. The highest BCUT2D eigenvalue weighted by Gasteiger charge is 2.52. The van der Waals surface area contributed by atoms with Crippen LogP contribution in [0.5, 0.6) is 0 Å². The maximum atomic E-state index is 12.5. The lowest BCUT2D eigenvalue weighted by Crippen LogP contribution is -2.67. The van der Waals surface area contributed by atoms with Gasteiger partial charge in [0.05, 0.1) is 6.61 Å². The van der Waals surface area contributed by atoms with Crippen LogP contribution < -0.4 is 21.6 Å². The number of ether oxygens (including phenoxy) is 1. The van der Waals surface area contributed by atoms with Gasteiger partial charge in [0.2, 0.25) is 0 Å². The molecule has 0 saturated carbocycles. The molecule has 1 fully saturated rings. The summed E-state index contributed by atoms with van der Waals surface area (Å²) < 4.78 is 14.0. The van der Waals surface area contributed by atoms with Crippen LogP contribution >= 0.6 is 0 Å². The molecule has 192 valence electrons. The van der Waals surface area contributed by atoms with E-state index in [0.29, 0.717) is 12.0 Å². The molecule has 36 heavy (non-hydrogen) atoms. The number of aliphatic hydroxyl groups is 2. The van der Waals surface area contributed by atoms with Crippen LogP contribution in [0.1, 0.15) is 39.5 Å². The zero-order chi connectivity index (χ0) is 26.1. The van der Waals surface area contributed by atoms with Gasteiger partial charge in [-0.15, -0.1) is 0 Å². The summed E-state index contributed by atoms with van der Waals surface area (Å²) in [6.07, 6.45) is -2.89. The van der Waals surface area contributed by atoms with E-state index in [4.69, 9.17) is 9.16 Å². The third-order valence-electron chi connectivity index (χ3n) is 6.91. The van der Waals surface area contributed by atoms with Crippen molar-refractivity contribution in [2.45, 2.75) is 63.7 Å². The number of aryl methyl sites for hydroxylation is 1. The third kappa shape index (κ3) is 4.65. The van der Waals surface area contributed by atoms with E-state index in [0.717, 1.165) is 14.9 Å². The van der Waals surface area contributed by atoms with Crippen LogP contribution in [0.3, 0.4) is 0 Å². The SMILES string of the molecule is CCc1cn([C@@H]2O[C@H](CO[Si](c3ccccc3)(c3ccccc3)C(C)(C)C)[C@@H](O)[C@H]2O)c(=O)[nH]c1=O. The molecule has 3 aromatic rings. The highest BCUT2D eigenvalue weighted by atomic mass is 28.4. The average molecular weight is 511 g/mol. The first-order chi connectivity index (χ1) is 17.1. The van der Waals surface area contributed by atoms with E-state index in [1.54, 1.807) is 6.92 Å². The summed E-state index contributed by atoms with van der Waals surface area (Å²) in [6, 6.07) is 20.2. The number of hydrogen-bond donors (Lipinski definition) is 3. The topological polar surface area (TPSA) is 114 Å². The summed E-state index contributed by atoms with van der Waals surface area (Å²) in [5, 5.41) is 23.6. The second-order valence-corrected chi connectivity index (χ2v) is 14.5. The Hall–Kier alpha value is -2.82. The lowest BCUT2D eigenvalue weighted by atomic mass is 10.1. The van der Waals surface area contributed by atoms with Gasteiger partial charge in [-0.2, -0.15) is 0 Å². The lowest BCUT2D eigenvalue weighted by Gasteiger charge is -2.43. The predicted molar refractivity (Wildman–Crippen MR) is 140 cm³/mol. The van der Waals surface area contributed by atoms with E-state index >= 15 is 0 Å². The number of nitrogens with zero attached hydrogens (tertiary/aromatic N) is 1. The quantitative estimate of drug-likeness (QED) is 0.413. The molecule has 1 aliphatic rings. The minimum Gasteiger partial charge on any atom is -0.405 e.